The summed E-state index contributed by atoms with van der Waals surface area (Å²) in [4.78, 5) is 34.9. The molecule has 0 aliphatic heterocycles. The predicted molar refractivity (Wildman–Crippen MR) is 212 cm³/mol. The largest absolute Gasteiger partial charge is 0.480 e. The Kier molecular flexibility index (Phi) is 37.5. The van der Waals surface area contributed by atoms with E-state index in [0.29, 0.717) is 12.8 Å². The van der Waals surface area contributed by atoms with Gasteiger partial charge in [0.1, 0.15) is 12.6 Å². The van der Waals surface area contributed by atoms with Crippen LogP contribution in [0.2, 0.25) is 0 Å². The second-order valence-electron chi connectivity index (χ2n) is 14.3. The number of aliphatic carboxylic acids is 1. The first-order valence-electron chi connectivity index (χ1n) is 21.1. The summed E-state index contributed by atoms with van der Waals surface area (Å²) in [6.07, 6.45) is 48.5. The molecular weight excluding hydrogens is 622 g/mol. The molecule has 0 heterocycles. The summed E-state index contributed by atoms with van der Waals surface area (Å²) in [5, 5.41) is 11.1. The van der Waals surface area contributed by atoms with Gasteiger partial charge in [0, 0.05) is 12.8 Å². The highest BCUT2D eigenvalue weighted by molar-refractivity contribution is 5.80. The number of hydrogen-bond acceptors (Lipinski definition) is 4. The molecule has 6 heteroatoms. The molecule has 0 spiro atoms. The van der Waals surface area contributed by atoms with Gasteiger partial charge in [-0.3, -0.25) is 14.4 Å². The Bertz CT molecular complexity index is 864. The van der Waals surface area contributed by atoms with Crippen LogP contribution in [-0.4, -0.2) is 35.6 Å². The van der Waals surface area contributed by atoms with Crippen LogP contribution < -0.4 is 5.32 Å². The Morgan fingerprint density at radius 3 is 1.52 bits per heavy atom. The second-order valence-corrected chi connectivity index (χ2v) is 14.3. The van der Waals surface area contributed by atoms with E-state index in [1.54, 1.807) is 0 Å². The molecule has 290 valence electrons. The molecule has 50 heavy (non-hydrogen) atoms. The maximum Gasteiger partial charge on any atom is 0.322 e. The molecule has 1 atom stereocenters. The molecule has 6 nitrogen and oxygen atoms in total. The average Bonchev–Trinajstić information content (AvgIpc) is 3.10. The molecule has 0 saturated heterocycles. The first-order valence-corrected chi connectivity index (χ1v) is 21.1. The lowest BCUT2D eigenvalue weighted by atomic mass is 10.0. The lowest BCUT2D eigenvalue weighted by Crippen LogP contribution is -2.28. The van der Waals surface area contributed by atoms with Crippen LogP contribution in [0.1, 0.15) is 213 Å². The fraction of sp³-hybridized carbons (Fsp3) is 0.795. The van der Waals surface area contributed by atoms with Crippen molar-refractivity contribution in [1.82, 2.24) is 5.32 Å². The monoisotopic (exact) mass is 702 g/mol. The van der Waals surface area contributed by atoms with Crippen LogP contribution in [0.5, 0.6) is 0 Å². The molecule has 0 bridgehead atoms. The second kappa shape index (κ2) is 39.4. The van der Waals surface area contributed by atoms with Gasteiger partial charge in [-0.1, -0.05) is 179 Å². The molecular formula is C44H79NO5. The van der Waals surface area contributed by atoms with Gasteiger partial charge in [-0.2, -0.15) is 0 Å². The van der Waals surface area contributed by atoms with Gasteiger partial charge in [-0.15, -0.1) is 0 Å². The van der Waals surface area contributed by atoms with Crippen molar-refractivity contribution in [3.63, 3.8) is 0 Å². The van der Waals surface area contributed by atoms with E-state index in [2.05, 4.69) is 55.6 Å². The number of carboxylic acid groups (broad SMARTS) is 1. The van der Waals surface area contributed by atoms with Gasteiger partial charge < -0.3 is 15.2 Å². The molecule has 1 amide bonds. The Morgan fingerprint density at radius 1 is 0.540 bits per heavy atom. The Balaban J connectivity index is 4.20. The number of amides is 1. The molecule has 2 N–H and O–H groups in total. The van der Waals surface area contributed by atoms with Gasteiger partial charge >= 0.3 is 11.9 Å². The lowest BCUT2D eigenvalue weighted by Gasteiger charge is -2.14. The number of allylic oxidation sites excluding steroid dienone is 5. The highest BCUT2D eigenvalue weighted by atomic mass is 16.5. The zero-order chi connectivity index (χ0) is 36.6. The summed E-state index contributed by atoms with van der Waals surface area (Å²) in [7, 11) is 0. The third-order valence-corrected chi connectivity index (χ3v) is 9.30. The van der Waals surface area contributed by atoms with E-state index in [1.807, 2.05) is 0 Å². The lowest BCUT2D eigenvalue weighted by molar-refractivity contribution is -0.147. The molecule has 1 unspecified atom stereocenters. The van der Waals surface area contributed by atoms with Gasteiger partial charge in [0.15, 0.2) is 0 Å². The van der Waals surface area contributed by atoms with Crippen LogP contribution in [0, 0.1) is 0 Å². The van der Waals surface area contributed by atoms with E-state index < -0.39 is 5.97 Å². The van der Waals surface area contributed by atoms with Crippen LogP contribution in [0.25, 0.3) is 0 Å². The van der Waals surface area contributed by atoms with Crippen LogP contribution in [0.15, 0.2) is 36.5 Å². The van der Waals surface area contributed by atoms with Crippen molar-refractivity contribution in [1.29, 1.82) is 0 Å². The van der Waals surface area contributed by atoms with Crippen LogP contribution in [0.3, 0.4) is 0 Å². The van der Waals surface area contributed by atoms with E-state index in [4.69, 9.17) is 9.84 Å². The maximum atomic E-state index is 12.7. The fourth-order valence-electron chi connectivity index (χ4n) is 6.15. The number of unbranched alkanes of at least 4 members (excludes halogenated alkanes) is 23. The van der Waals surface area contributed by atoms with Gasteiger partial charge in [0.25, 0.3) is 0 Å². The Morgan fingerprint density at radius 2 is 0.980 bits per heavy atom. The zero-order valence-corrected chi connectivity index (χ0v) is 32.7. The van der Waals surface area contributed by atoms with E-state index in [0.717, 1.165) is 70.6 Å². The van der Waals surface area contributed by atoms with Crippen LogP contribution >= 0.6 is 0 Å². The molecule has 0 rings (SSSR count). The summed E-state index contributed by atoms with van der Waals surface area (Å²) in [5.74, 6) is -1.32. The number of ether oxygens (including phenoxy) is 1. The maximum absolute atomic E-state index is 12.7. The number of rotatable bonds is 38. The molecule has 0 fully saturated rings. The molecule has 0 radical (unpaired) electrons. The third-order valence-electron chi connectivity index (χ3n) is 9.30. The van der Waals surface area contributed by atoms with E-state index in [9.17, 15) is 14.4 Å². The smallest absolute Gasteiger partial charge is 0.322 e. The van der Waals surface area contributed by atoms with E-state index in [-0.39, 0.29) is 24.5 Å². The highest BCUT2D eigenvalue weighted by Gasteiger charge is 2.11. The average molecular weight is 702 g/mol. The van der Waals surface area contributed by atoms with Gasteiger partial charge in [0.2, 0.25) is 5.91 Å². The standard InChI is InChI=1S/C44H79NO5/c1-3-5-7-9-11-13-15-16-17-18-19-20-22-24-26-31-35-39-44(49)50-41(36-32-28-25-23-21-14-12-10-8-6-4-2)37-33-29-27-30-34-38-42(46)45-40-43(47)48/h12,14,23,25,32,36,41H,3-11,13,15-22,24,26-31,33-35,37-40H2,1-2H3,(H,45,46)(H,47,48)/b14-12-,25-23-,36-32-. The SMILES string of the molecule is CCCCC/C=C\C/C=C\C/C=C\C(CCCCCCCC(=O)NCC(=O)O)OC(=O)CCCCCCCCCCCCCCCCCCC. The molecule has 0 aromatic rings. The van der Waals surface area contributed by atoms with E-state index in [1.165, 1.54) is 116 Å². The first kappa shape index (κ1) is 47.6. The molecule has 0 aromatic heterocycles. The number of hydrogen-bond donors (Lipinski definition) is 2. The minimum atomic E-state index is -1.02. The fourth-order valence-corrected chi connectivity index (χ4v) is 6.15. The third kappa shape index (κ3) is 38.4. The van der Waals surface area contributed by atoms with Gasteiger partial charge in [0.05, 0.1) is 0 Å². The topological polar surface area (TPSA) is 92.7 Å². The highest BCUT2D eigenvalue weighted by Crippen LogP contribution is 2.16. The van der Waals surface area contributed by atoms with Crippen molar-refractivity contribution in [3.05, 3.63) is 36.5 Å². The van der Waals surface area contributed by atoms with Gasteiger partial charge in [-0.05, 0) is 57.4 Å². The van der Waals surface area contributed by atoms with Crippen molar-refractivity contribution < 1.29 is 24.2 Å². The number of nitrogens with one attached hydrogen (secondary N) is 1. The summed E-state index contributed by atoms with van der Waals surface area (Å²) in [5.41, 5.74) is 0. The minimum absolute atomic E-state index is 0.0864. The van der Waals surface area contributed by atoms with Crippen molar-refractivity contribution in [3.8, 4) is 0 Å². The summed E-state index contributed by atoms with van der Waals surface area (Å²) in [6, 6.07) is 0. The number of carbonyl (C=O) groups is 3. The molecule has 0 aliphatic rings. The molecule has 0 saturated carbocycles. The number of carbonyl (C=O) groups excluding carboxylic acids is 2. The van der Waals surface area contributed by atoms with Crippen LogP contribution in [0.4, 0.5) is 0 Å². The number of esters is 1. The Hall–Kier alpha value is -2.37. The molecule has 0 aromatic carbocycles. The quantitative estimate of drug-likeness (QED) is 0.0380. The normalized spacial score (nSPS) is 12.4. The molecule has 0 aliphatic carbocycles. The Labute approximate surface area is 308 Å². The van der Waals surface area contributed by atoms with Gasteiger partial charge in [-0.25, -0.2) is 0 Å². The van der Waals surface area contributed by atoms with Crippen molar-refractivity contribution in [2.24, 2.45) is 0 Å². The summed E-state index contributed by atoms with van der Waals surface area (Å²) in [6.45, 7) is 4.19. The predicted octanol–water partition coefficient (Wildman–Crippen LogP) is 12.9. The van der Waals surface area contributed by atoms with Crippen molar-refractivity contribution in [2.75, 3.05) is 6.54 Å². The number of carboxylic acids is 1. The van der Waals surface area contributed by atoms with Crippen molar-refractivity contribution >= 4 is 17.8 Å². The van der Waals surface area contributed by atoms with E-state index >= 15 is 0 Å². The zero-order valence-electron chi connectivity index (χ0n) is 32.7. The minimum Gasteiger partial charge on any atom is -0.480 e. The first-order chi connectivity index (χ1) is 24.5. The summed E-state index contributed by atoms with van der Waals surface area (Å²) >= 11 is 0. The summed E-state index contributed by atoms with van der Waals surface area (Å²) < 4.78 is 5.91. The van der Waals surface area contributed by atoms with Crippen molar-refractivity contribution in [2.45, 2.75) is 219 Å². The van der Waals surface area contributed by atoms with Crippen LogP contribution in [-0.2, 0) is 19.1 Å².